The lowest BCUT2D eigenvalue weighted by Gasteiger charge is -2.14. The van der Waals surface area contributed by atoms with Crippen LogP contribution in [-0.4, -0.2) is 9.97 Å². The SMILES string of the molecule is Fc1cc(Br)c2c(c1)C1(c3cnc[nH]3)CC1C2. The summed E-state index contributed by atoms with van der Waals surface area (Å²) < 4.78 is 14.5. The normalized spacial score (nSPS) is 28.9. The van der Waals surface area contributed by atoms with Gasteiger partial charge in [-0.2, -0.15) is 0 Å². The zero-order valence-corrected chi connectivity index (χ0v) is 10.6. The second-order valence-corrected chi connectivity index (χ2v) is 5.81. The van der Waals surface area contributed by atoms with E-state index in [9.17, 15) is 4.39 Å². The number of nitrogens with one attached hydrogen (secondary N) is 1. The van der Waals surface area contributed by atoms with E-state index in [1.54, 1.807) is 18.5 Å². The maximum atomic E-state index is 13.6. The molecule has 1 N–H and O–H groups in total. The van der Waals surface area contributed by atoms with Crippen LogP contribution in [0.15, 0.2) is 29.1 Å². The minimum absolute atomic E-state index is 0.0104. The van der Waals surface area contributed by atoms with Crippen molar-refractivity contribution in [2.75, 3.05) is 0 Å². The highest BCUT2D eigenvalue weighted by Crippen LogP contribution is 2.65. The Balaban J connectivity index is 1.97. The van der Waals surface area contributed by atoms with E-state index in [-0.39, 0.29) is 11.2 Å². The number of rotatable bonds is 1. The molecule has 2 aromatic rings. The van der Waals surface area contributed by atoms with Crippen LogP contribution in [0.25, 0.3) is 0 Å². The Morgan fingerprint density at radius 1 is 1.47 bits per heavy atom. The van der Waals surface area contributed by atoms with Crippen molar-refractivity contribution < 1.29 is 4.39 Å². The molecule has 1 aromatic heterocycles. The zero-order chi connectivity index (χ0) is 11.6. The molecule has 0 radical (unpaired) electrons. The number of nitrogens with zero attached hydrogens (tertiary/aromatic N) is 1. The monoisotopic (exact) mass is 292 g/mol. The van der Waals surface area contributed by atoms with Crippen molar-refractivity contribution in [3.8, 4) is 0 Å². The van der Waals surface area contributed by atoms with Gasteiger partial charge in [0.1, 0.15) is 5.82 Å². The van der Waals surface area contributed by atoms with Gasteiger partial charge < -0.3 is 4.98 Å². The van der Waals surface area contributed by atoms with E-state index in [4.69, 9.17) is 0 Å². The van der Waals surface area contributed by atoms with Gasteiger partial charge in [-0.15, -0.1) is 0 Å². The predicted molar refractivity (Wildman–Crippen MR) is 65.3 cm³/mol. The van der Waals surface area contributed by atoms with Gasteiger partial charge in [-0.05, 0) is 42.0 Å². The molecule has 0 bridgehead atoms. The molecule has 2 aliphatic carbocycles. The summed E-state index contributed by atoms with van der Waals surface area (Å²) in [6, 6.07) is 3.25. The van der Waals surface area contributed by atoms with Crippen LogP contribution in [0.2, 0.25) is 0 Å². The average molecular weight is 293 g/mol. The number of aromatic nitrogens is 2. The van der Waals surface area contributed by atoms with Crippen molar-refractivity contribution in [2.24, 2.45) is 5.92 Å². The molecule has 0 saturated heterocycles. The number of hydrogen-bond donors (Lipinski definition) is 1. The largest absolute Gasteiger partial charge is 0.348 e. The summed E-state index contributed by atoms with van der Waals surface area (Å²) in [5.74, 6) is 0.443. The first kappa shape index (κ1) is 9.83. The summed E-state index contributed by atoms with van der Waals surface area (Å²) in [6.45, 7) is 0. The summed E-state index contributed by atoms with van der Waals surface area (Å²) >= 11 is 3.47. The highest BCUT2D eigenvalue weighted by molar-refractivity contribution is 9.10. The number of fused-ring (bicyclic) bond motifs is 3. The maximum absolute atomic E-state index is 13.6. The highest BCUT2D eigenvalue weighted by atomic mass is 79.9. The van der Waals surface area contributed by atoms with Crippen LogP contribution >= 0.6 is 15.9 Å². The number of benzene rings is 1. The van der Waals surface area contributed by atoms with Crippen LogP contribution in [0, 0.1) is 11.7 Å². The molecule has 2 atom stereocenters. The molecule has 0 amide bonds. The predicted octanol–water partition coefficient (Wildman–Crippen LogP) is 3.17. The van der Waals surface area contributed by atoms with Crippen LogP contribution < -0.4 is 0 Å². The van der Waals surface area contributed by atoms with Gasteiger partial charge in [-0.3, -0.25) is 0 Å². The molecule has 4 heteroatoms. The summed E-state index contributed by atoms with van der Waals surface area (Å²) in [5, 5.41) is 0. The number of aromatic amines is 1. The molecule has 4 rings (SSSR count). The summed E-state index contributed by atoms with van der Waals surface area (Å²) in [5.41, 5.74) is 3.53. The number of halogens is 2. The Morgan fingerprint density at radius 3 is 3.12 bits per heavy atom. The van der Waals surface area contributed by atoms with Crippen LogP contribution in [0.1, 0.15) is 23.2 Å². The van der Waals surface area contributed by atoms with Crippen LogP contribution in [0.4, 0.5) is 4.39 Å². The van der Waals surface area contributed by atoms with Gasteiger partial charge in [0.15, 0.2) is 0 Å². The molecule has 0 spiro atoms. The molecule has 1 aromatic carbocycles. The van der Waals surface area contributed by atoms with Gasteiger partial charge in [0.2, 0.25) is 0 Å². The first-order valence-corrected chi connectivity index (χ1v) is 6.48. The summed E-state index contributed by atoms with van der Waals surface area (Å²) in [6.07, 6.45) is 5.72. The third kappa shape index (κ3) is 1.12. The average Bonchev–Trinajstić information content (AvgIpc) is 2.71. The zero-order valence-electron chi connectivity index (χ0n) is 9.00. The Bertz CT molecular complexity index is 608. The first-order valence-electron chi connectivity index (χ1n) is 5.69. The standard InChI is InChI=1S/C13H10BrFN2/c14-11-3-8(15)2-10-9(11)1-7-4-13(7,10)12-5-16-6-17-12/h2-3,5-7H,1,4H2,(H,16,17). The Labute approximate surface area is 106 Å². The molecule has 86 valence electrons. The lowest BCUT2D eigenvalue weighted by atomic mass is 9.92. The Morgan fingerprint density at radius 2 is 2.35 bits per heavy atom. The van der Waals surface area contributed by atoms with Gasteiger partial charge in [0.25, 0.3) is 0 Å². The highest BCUT2D eigenvalue weighted by Gasteiger charge is 2.62. The molecule has 17 heavy (non-hydrogen) atoms. The third-order valence-corrected chi connectivity index (χ3v) is 4.88. The molecule has 1 fully saturated rings. The number of H-pyrrole nitrogens is 1. The van der Waals surface area contributed by atoms with E-state index in [0.29, 0.717) is 5.92 Å². The van der Waals surface area contributed by atoms with E-state index in [1.165, 1.54) is 5.56 Å². The van der Waals surface area contributed by atoms with E-state index in [0.717, 1.165) is 28.6 Å². The van der Waals surface area contributed by atoms with Crippen molar-refractivity contribution in [2.45, 2.75) is 18.3 Å². The van der Waals surface area contributed by atoms with Crippen molar-refractivity contribution in [3.05, 3.63) is 51.8 Å². The quantitative estimate of drug-likeness (QED) is 0.859. The van der Waals surface area contributed by atoms with E-state index < -0.39 is 0 Å². The first-order chi connectivity index (χ1) is 8.22. The van der Waals surface area contributed by atoms with Crippen LogP contribution in [-0.2, 0) is 11.8 Å². The fraction of sp³-hybridized carbons (Fsp3) is 0.308. The van der Waals surface area contributed by atoms with Gasteiger partial charge >= 0.3 is 0 Å². The van der Waals surface area contributed by atoms with E-state index >= 15 is 0 Å². The summed E-state index contributed by atoms with van der Waals surface area (Å²) in [7, 11) is 0. The van der Waals surface area contributed by atoms with Crippen molar-refractivity contribution in [1.29, 1.82) is 0 Å². The number of imidazole rings is 1. The van der Waals surface area contributed by atoms with Crippen molar-refractivity contribution in [3.63, 3.8) is 0 Å². The molecule has 1 heterocycles. The molecule has 2 aliphatic rings. The second kappa shape index (κ2) is 2.99. The topological polar surface area (TPSA) is 28.7 Å². The Hall–Kier alpha value is -1.16. The molecule has 0 aliphatic heterocycles. The fourth-order valence-corrected chi connectivity index (χ4v) is 3.93. The molecule has 2 unspecified atom stereocenters. The van der Waals surface area contributed by atoms with Crippen LogP contribution in [0.5, 0.6) is 0 Å². The Kier molecular flexibility index (Phi) is 1.73. The van der Waals surface area contributed by atoms with Crippen LogP contribution in [0.3, 0.4) is 0 Å². The summed E-state index contributed by atoms with van der Waals surface area (Å²) in [4.78, 5) is 7.29. The second-order valence-electron chi connectivity index (χ2n) is 4.96. The number of hydrogen-bond acceptors (Lipinski definition) is 1. The smallest absolute Gasteiger partial charge is 0.124 e. The molecular weight excluding hydrogens is 283 g/mol. The molecule has 2 nitrogen and oxygen atoms in total. The van der Waals surface area contributed by atoms with Gasteiger partial charge in [-0.1, -0.05) is 15.9 Å². The van der Waals surface area contributed by atoms with Gasteiger partial charge in [0.05, 0.1) is 6.33 Å². The maximum Gasteiger partial charge on any atom is 0.124 e. The third-order valence-electron chi connectivity index (χ3n) is 4.18. The molecular formula is C13H10BrFN2. The van der Waals surface area contributed by atoms with E-state index in [1.807, 2.05) is 6.20 Å². The molecule has 1 saturated carbocycles. The fourth-order valence-electron chi connectivity index (χ4n) is 3.34. The van der Waals surface area contributed by atoms with Gasteiger partial charge in [-0.25, -0.2) is 9.37 Å². The minimum Gasteiger partial charge on any atom is -0.348 e. The van der Waals surface area contributed by atoms with Crippen molar-refractivity contribution >= 4 is 15.9 Å². The minimum atomic E-state index is -0.165. The van der Waals surface area contributed by atoms with Crippen molar-refractivity contribution in [1.82, 2.24) is 9.97 Å². The lowest BCUT2D eigenvalue weighted by Crippen LogP contribution is -2.10. The lowest BCUT2D eigenvalue weighted by molar-refractivity contribution is 0.621. The van der Waals surface area contributed by atoms with E-state index in [2.05, 4.69) is 25.9 Å². The van der Waals surface area contributed by atoms with Gasteiger partial charge in [0, 0.05) is 21.8 Å².